The van der Waals surface area contributed by atoms with Gasteiger partial charge in [0.1, 0.15) is 16.7 Å². The standard InChI is InChI=1S/C29H39N3O7S2/c1-19-10-16-22(17-11-19)41(36,37)32(20-12-14-21(15-13-20)38-26(35)31(8)9)29(7,25(34)39-27(2,3)4)23(33)24-30-28(5,6)18-40-24/h10-17,24,30H,18H2,1-9H3/t24-,29+/m0/s1. The number of hydrogen-bond acceptors (Lipinski definition) is 9. The number of esters is 1. The molecule has 1 aliphatic rings. The highest BCUT2D eigenvalue weighted by Gasteiger charge is 2.57. The second kappa shape index (κ2) is 11.7. The molecular weight excluding hydrogens is 566 g/mol. The van der Waals surface area contributed by atoms with Gasteiger partial charge in [-0.05, 0) is 84.9 Å². The number of benzene rings is 2. The van der Waals surface area contributed by atoms with Gasteiger partial charge in [-0.2, -0.15) is 0 Å². The number of carbonyl (C=O) groups excluding carboxylic acids is 3. The Labute approximate surface area is 246 Å². The van der Waals surface area contributed by atoms with Crippen LogP contribution in [-0.2, 0) is 24.3 Å². The van der Waals surface area contributed by atoms with Crippen molar-refractivity contribution in [3.8, 4) is 5.75 Å². The lowest BCUT2D eigenvalue weighted by molar-refractivity contribution is -0.162. The topological polar surface area (TPSA) is 122 Å². The summed E-state index contributed by atoms with van der Waals surface area (Å²) in [7, 11) is -1.47. The summed E-state index contributed by atoms with van der Waals surface area (Å²) in [6.45, 7) is 11.9. The number of carbonyl (C=O) groups is 3. The van der Waals surface area contributed by atoms with E-state index in [9.17, 15) is 22.8 Å². The molecule has 1 N–H and O–H groups in total. The molecule has 41 heavy (non-hydrogen) atoms. The van der Waals surface area contributed by atoms with Crippen LogP contribution in [0, 0.1) is 6.92 Å². The maximum absolute atomic E-state index is 14.4. The predicted molar refractivity (Wildman–Crippen MR) is 160 cm³/mol. The van der Waals surface area contributed by atoms with Crippen LogP contribution < -0.4 is 14.4 Å². The monoisotopic (exact) mass is 605 g/mol. The lowest BCUT2D eigenvalue weighted by Crippen LogP contribution is -2.65. The highest BCUT2D eigenvalue weighted by molar-refractivity contribution is 8.01. The molecule has 0 aliphatic carbocycles. The van der Waals surface area contributed by atoms with Crippen molar-refractivity contribution in [3.63, 3.8) is 0 Å². The maximum atomic E-state index is 14.4. The SMILES string of the molecule is Cc1ccc(S(=O)(=O)N(c2ccc(OC(=O)N(C)C)cc2)[C@@](C)(C(=O)OC(C)(C)C)C(=O)[C@H]2NC(C)(C)CS2)cc1. The molecule has 0 spiro atoms. The van der Waals surface area contributed by atoms with Gasteiger partial charge in [-0.25, -0.2) is 22.3 Å². The molecule has 1 fully saturated rings. The molecule has 1 heterocycles. The van der Waals surface area contributed by atoms with Crippen molar-refractivity contribution in [2.75, 3.05) is 24.2 Å². The average Bonchev–Trinajstić information content (AvgIpc) is 3.23. The van der Waals surface area contributed by atoms with Gasteiger partial charge in [0, 0.05) is 25.4 Å². The highest BCUT2D eigenvalue weighted by Crippen LogP contribution is 2.39. The van der Waals surface area contributed by atoms with Crippen LogP contribution in [0.25, 0.3) is 0 Å². The van der Waals surface area contributed by atoms with Gasteiger partial charge in [0.05, 0.1) is 10.6 Å². The number of rotatable bonds is 8. The number of nitrogens with one attached hydrogen (secondary N) is 1. The first-order valence-electron chi connectivity index (χ1n) is 13.1. The van der Waals surface area contributed by atoms with E-state index >= 15 is 0 Å². The summed E-state index contributed by atoms with van der Waals surface area (Å²) in [6.07, 6.45) is -0.623. The Balaban J connectivity index is 2.26. The summed E-state index contributed by atoms with van der Waals surface area (Å²) in [5, 5.41) is 2.35. The third-order valence-corrected chi connectivity index (χ3v) is 9.73. The summed E-state index contributed by atoms with van der Waals surface area (Å²) in [6, 6.07) is 11.7. The Morgan fingerprint density at radius 3 is 2.00 bits per heavy atom. The van der Waals surface area contributed by atoms with Crippen LogP contribution in [0.3, 0.4) is 0 Å². The van der Waals surface area contributed by atoms with Crippen molar-refractivity contribution in [3.05, 3.63) is 54.1 Å². The molecule has 2 aromatic rings. The summed E-state index contributed by atoms with van der Waals surface area (Å²) >= 11 is 1.30. The largest absolute Gasteiger partial charge is 0.458 e. The van der Waals surface area contributed by atoms with Gasteiger partial charge in [0.15, 0.2) is 5.78 Å². The zero-order valence-corrected chi connectivity index (χ0v) is 26.6. The van der Waals surface area contributed by atoms with Gasteiger partial charge in [-0.1, -0.05) is 17.7 Å². The number of thioether (sulfide) groups is 1. The average molecular weight is 606 g/mol. The van der Waals surface area contributed by atoms with Crippen molar-refractivity contribution < 1.29 is 32.3 Å². The van der Waals surface area contributed by atoms with Gasteiger partial charge < -0.3 is 14.4 Å². The van der Waals surface area contributed by atoms with Gasteiger partial charge >= 0.3 is 12.1 Å². The van der Waals surface area contributed by atoms with Crippen molar-refractivity contribution in [1.82, 2.24) is 10.2 Å². The summed E-state index contributed by atoms with van der Waals surface area (Å²) < 4.78 is 40.6. The van der Waals surface area contributed by atoms with Crippen LogP contribution >= 0.6 is 11.8 Å². The lowest BCUT2D eigenvalue weighted by Gasteiger charge is -2.41. The van der Waals surface area contributed by atoms with Crippen molar-refractivity contribution in [2.45, 2.75) is 75.4 Å². The van der Waals surface area contributed by atoms with Crippen LogP contribution in [0.4, 0.5) is 10.5 Å². The molecule has 1 saturated heterocycles. The summed E-state index contributed by atoms with van der Waals surface area (Å²) in [5.74, 6) is -0.952. The number of ketones is 1. The molecule has 0 bridgehead atoms. The van der Waals surface area contributed by atoms with Gasteiger partial charge in [-0.15, -0.1) is 11.8 Å². The molecule has 2 atom stereocenters. The van der Waals surface area contributed by atoms with E-state index in [0.717, 1.165) is 9.87 Å². The van der Waals surface area contributed by atoms with Crippen LogP contribution in [0.5, 0.6) is 5.75 Å². The Morgan fingerprint density at radius 2 is 1.54 bits per heavy atom. The van der Waals surface area contributed by atoms with Crippen molar-refractivity contribution in [2.24, 2.45) is 0 Å². The number of sulfonamides is 1. The molecule has 0 aromatic heterocycles. The molecule has 10 nitrogen and oxygen atoms in total. The Hall–Kier alpha value is -3.09. The lowest BCUT2D eigenvalue weighted by atomic mass is 9.94. The van der Waals surface area contributed by atoms with Gasteiger partial charge in [0.2, 0.25) is 5.54 Å². The number of ether oxygens (including phenoxy) is 2. The quantitative estimate of drug-likeness (QED) is 0.345. The van der Waals surface area contributed by atoms with Gasteiger partial charge in [0.25, 0.3) is 10.0 Å². The Bertz CT molecular complexity index is 1400. The zero-order chi connectivity index (χ0) is 31.0. The van der Waals surface area contributed by atoms with E-state index in [1.54, 1.807) is 32.9 Å². The third kappa shape index (κ3) is 7.22. The molecule has 3 rings (SSSR count). The Morgan fingerprint density at radius 1 is 0.976 bits per heavy atom. The second-order valence-corrected chi connectivity index (χ2v) is 14.9. The van der Waals surface area contributed by atoms with E-state index < -0.39 is 49.9 Å². The minimum absolute atomic E-state index is 0.0131. The number of nitrogens with zero attached hydrogens (tertiary/aromatic N) is 2. The maximum Gasteiger partial charge on any atom is 0.414 e. The number of aryl methyl sites for hydroxylation is 1. The summed E-state index contributed by atoms with van der Waals surface area (Å²) in [5.41, 5.74) is -2.90. The predicted octanol–water partition coefficient (Wildman–Crippen LogP) is 4.36. The Kier molecular flexibility index (Phi) is 9.22. The third-order valence-electron chi connectivity index (χ3n) is 6.25. The van der Waals surface area contributed by atoms with Crippen LogP contribution in [0.2, 0.25) is 0 Å². The molecule has 224 valence electrons. The van der Waals surface area contributed by atoms with E-state index in [2.05, 4.69) is 5.32 Å². The second-order valence-electron chi connectivity index (χ2n) is 12.0. The fourth-order valence-electron chi connectivity index (χ4n) is 4.08. The molecule has 0 saturated carbocycles. The number of Topliss-reactive ketones (excluding diaryl/α,β-unsaturated/α-hetero) is 1. The first-order chi connectivity index (χ1) is 18.8. The van der Waals surface area contributed by atoms with Gasteiger partial charge in [-0.3, -0.25) is 10.1 Å². The molecule has 2 aromatic carbocycles. The zero-order valence-electron chi connectivity index (χ0n) is 25.0. The molecule has 0 unspecified atom stereocenters. The molecule has 1 aliphatic heterocycles. The van der Waals surface area contributed by atoms with E-state index in [-0.39, 0.29) is 16.3 Å². The molecular formula is C29H39N3O7S2. The highest BCUT2D eigenvalue weighted by atomic mass is 32.2. The molecule has 12 heteroatoms. The van der Waals surface area contributed by atoms with E-state index in [1.165, 1.54) is 74.1 Å². The van der Waals surface area contributed by atoms with E-state index in [4.69, 9.17) is 9.47 Å². The minimum Gasteiger partial charge on any atom is -0.458 e. The van der Waals surface area contributed by atoms with Crippen LogP contribution in [0.1, 0.15) is 47.1 Å². The number of amides is 1. The van der Waals surface area contributed by atoms with Crippen LogP contribution in [-0.4, -0.2) is 73.1 Å². The normalized spacial score (nSPS) is 18.2. The first-order valence-corrected chi connectivity index (χ1v) is 15.6. The number of hydrogen-bond donors (Lipinski definition) is 1. The first kappa shape index (κ1) is 32.4. The van der Waals surface area contributed by atoms with Crippen molar-refractivity contribution >= 4 is 45.3 Å². The fourth-order valence-corrected chi connectivity index (χ4v) is 7.27. The van der Waals surface area contributed by atoms with E-state index in [1.807, 2.05) is 20.8 Å². The van der Waals surface area contributed by atoms with E-state index in [0.29, 0.717) is 5.75 Å². The van der Waals surface area contributed by atoms with Crippen LogP contribution in [0.15, 0.2) is 53.4 Å². The smallest absolute Gasteiger partial charge is 0.414 e. The minimum atomic E-state index is -4.52. The number of anilines is 1. The molecule has 1 amide bonds. The fraction of sp³-hybridized carbons (Fsp3) is 0.483. The summed E-state index contributed by atoms with van der Waals surface area (Å²) in [4.78, 5) is 41.6. The molecule has 0 radical (unpaired) electrons. The van der Waals surface area contributed by atoms with Crippen molar-refractivity contribution in [1.29, 1.82) is 0 Å².